The molecule has 3 aliphatic heterocycles. The van der Waals surface area contributed by atoms with Crippen LogP contribution in [0.5, 0.6) is 28.7 Å². The lowest BCUT2D eigenvalue weighted by molar-refractivity contribution is -0.141. The normalized spacial score (nSPS) is 26.8. The SMILES string of the molecule is CNC1C=Cc2c(C3Oc4c(ccc5c4C4(CCC(CC6=CNC(N)C=C6)C4)Cc4cc(O)cc(OC)c4-5)C3COC(C)=O)ccc(O)c2OC1. The highest BCUT2D eigenvalue weighted by atomic mass is 16.5. The van der Waals surface area contributed by atoms with Crippen LogP contribution in [0.4, 0.5) is 0 Å². The van der Waals surface area contributed by atoms with Gasteiger partial charge in [-0.2, -0.15) is 0 Å². The fraction of sp³-hybridized carbons (Fsp3) is 0.390. The Labute approximate surface area is 297 Å². The molecule has 6 atom stereocenters. The van der Waals surface area contributed by atoms with Crippen molar-refractivity contribution in [3.05, 3.63) is 94.2 Å². The van der Waals surface area contributed by atoms with Gasteiger partial charge in [-0.25, -0.2) is 0 Å². The summed E-state index contributed by atoms with van der Waals surface area (Å²) >= 11 is 0. The van der Waals surface area contributed by atoms with Crippen molar-refractivity contribution in [2.45, 2.75) is 68.7 Å². The van der Waals surface area contributed by atoms with Gasteiger partial charge in [0.1, 0.15) is 36.6 Å². The van der Waals surface area contributed by atoms with E-state index in [-0.39, 0.29) is 47.6 Å². The minimum absolute atomic E-state index is 0.0350. The quantitative estimate of drug-likeness (QED) is 0.191. The number of carbonyl (C=O) groups excluding carboxylic acids is 1. The average molecular weight is 692 g/mol. The number of benzene rings is 3. The number of hydrogen-bond donors (Lipinski definition) is 5. The monoisotopic (exact) mass is 691 g/mol. The highest BCUT2D eigenvalue weighted by Crippen LogP contribution is 2.62. The Balaban J connectivity index is 1.27. The number of rotatable bonds is 7. The third kappa shape index (κ3) is 5.80. The number of ether oxygens (including phenoxy) is 4. The van der Waals surface area contributed by atoms with Crippen LogP contribution in [-0.2, 0) is 21.4 Å². The molecule has 0 bridgehead atoms. The molecule has 6 N–H and O–H groups in total. The van der Waals surface area contributed by atoms with E-state index in [4.69, 9.17) is 24.7 Å². The molecule has 6 unspecified atom stereocenters. The van der Waals surface area contributed by atoms with Crippen LogP contribution < -0.4 is 30.6 Å². The number of dihydropyridines is 1. The number of aromatic hydroxyl groups is 2. The zero-order valence-electron chi connectivity index (χ0n) is 29.2. The summed E-state index contributed by atoms with van der Waals surface area (Å²) in [6, 6.07) is 11.3. The van der Waals surface area contributed by atoms with E-state index in [0.717, 1.165) is 76.8 Å². The molecule has 8 rings (SSSR count). The standard InChI is InChI=1S/C41H45N3O7/c1-22(45)49-21-32-30-7-8-31-36-25(15-27(46)16-34(36)48-3)18-41(13-12-23(17-41)14-24-4-11-35(42)44-19-24)37(31)40(30)51-38(32)28-9-10-33(47)39-29(28)6-5-26(43-2)20-50-39/h4-11,15-16,19,23,26,32,35,38,43-44,46-47H,12-14,17-18,20-21,42H2,1-3H3. The summed E-state index contributed by atoms with van der Waals surface area (Å²) in [7, 11) is 3.51. The van der Waals surface area contributed by atoms with Gasteiger partial charge in [0.25, 0.3) is 0 Å². The molecule has 1 saturated carbocycles. The fourth-order valence-electron chi connectivity index (χ4n) is 9.09. The Kier molecular flexibility index (Phi) is 8.47. The predicted octanol–water partition coefficient (Wildman–Crippen LogP) is 5.86. The summed E-state index contributed by atoms with van der Waals surface area (Å²) in [6.45, 7) is 1.92. The lowest BCUT2D eigenvalue weighted by atomic mass is 9.65. The number of methoxy groups -OCH3 is 1. The number of phenols is 2. The van der Waals surface area contributed by atoms with Crippen LogP contribution in [-0.4, -0.2) is 55.8 Å². The zero-order chi connectivity index (χ0) is 35.4. The molecule has 5 aliphatic rings. The molecule has 10 heteroatoms. The van der Waals surface area contributed by atoms with Crippen molar-refractivity contribution >= 4 is 12.0 Å². The van der Waals surface area contributed by atoms with Gasteiger partial charge >= 0.3 is 5.97 Å². The molecule has 10 nitrogen and oxygen atoms in total. The van der Waals surface area contributed by atoms with E-state index >= 15 is 0 Å². The van der Waals surface area contributed by atoms with Crippen LogP contribution >= 0.6 is 0 Å². The Hall–Kier alpha value is -4.93. The number of carbonyl (C=O) groups is 1. The molecule has 1 spiro atoms. The number of allylic oxidation sites excluding steroid dienone is 2. The van der Waals surface area contributed by atoms with Gasteiger partial charge in [-0.15, -0.1) is 0 Å². The molecule has 3 aromatic carbocycles. The van der Waals surface area contributed by atoms with Crippen molar-refractivity contribution in [2.75, 3.05) is 27.4 Å². The van der Waals surface area contributed by atoms with Crippen molar-refractivity contribution in [3.8, 4) is 39.9 Å². The minimum atomic E-state index is -0.523. The summed E-state index contributed by atoms with van der Waals surface area (Å²) in [5.74, 6) is 1.82. The van der Waals surface area contributed by atoms with Gasteiger partial charge < -0.3 is 45.5 Å². The first kappa shape index (κ1) is 33.2. The van der Waals surface area contributed by atoms with Gasteiger partial charge in [-0.1, -0.05) is 36.4 Å². The second kappa shape index (κ2) is 13.0. The number of fused-ring (bicyclic) bond motifs is 7. The molecule has 266 valence electrons. The van der Waals surface area contributed by atoms with E-state index in [0.29, 0.717) is 24.0 Å². The maximum atomic E-state index is 12.2. The Morgan fingerprint density at radius 1 is 1.12 bits per heavy atom. The molecular weight excluding hydrogens is 646 g/mol. The Bertz CT molecular complexity index is 1990. The largest absolute Gasteiger partial charge is 0.508 e. The second-order valence-corrected chi connectivity index (χ2v) is 14.6. The third-order valence-corrected chi connectivity index (χ3v) is 11.4. The average Bonchev–Trinajstić information content (AvgIpc) is 3.60. The van der Waals surface area contributed by atoms with E-state index in [9.17, 15) is 15.0 Å². The molecule has 3 aromatic rings. The number of esters is 1. The molecule has 3 heterocycles. The van der Waals surface area contributed by atoms with Crippen molar-refractivity contribution in [2.24, 2.45) is 11.7 Å². The Morgan fingerprint density at radius 2 is 1.96 bits per heavy atom. The van der Waals surface area contributed by atoms with Gasteiger partial charge in [0.15, 0.2) is 11.5 Å². The number of likely N-dealkylation sites (N-methyl/N-ethyl adjacent to an activating group) is 1. The van der Waals surface area contributed by atoms with Crippen LogP contribution in [0.1, 0.15) is 72.4 Å². The van der Waals surface area contributed by atoms with Gasteiger partial charge in [-0.3, -0.25) is 4.79 Å². The molecular formula is C41H45N3O7. The summed E-state index contributed by atoms with van der Waals surface area (Å²) in [6.07, 6.45) is 14.0. The molecule has 0 saturated heterocycles. The number of nitrogens with two attached hydrogens (primary N) is 1. The topological polar surface area (TPSA) is 145 Å². The van der Waals surface area contributed by atoms with Crippen LogP contribution in [0.15, 0.2) is 66.4 Å². The predicted molar refractivity (Wildman–Crippen MR) is 194 cm³/mol. The second-order valence-electron chi connectivity index (χ2n) is 14.6. The molecule has 0 amide bonds. The number of phenolic OH excluding ortho intramolecular Hbond substituents is 2. The highest BCUT2D eigenvalue weighted by molar-refractivity contribution is 5.84. The molecule has 0 radical (unpaired) electrons. The summed E-state index contributed by atoms with van der Waals surface area (Å²) in [4.78, 5) is 12.2. The zero-order valence-corrected chi connectivity index (χ0v) is 29.2. The summed E-state index contributed by atoms with van der Waals surface area (Å²) in [5.41, 5.74) is 13.8. The molecule has 2 aliphatic carbocycles. The lowest BCUT2D eigenvalue weighted by Crippen LogP contribution is -2.33. The van der Waals surface area contributed by atoms with Gasteiger partial charge in [0.05, 0.1) is 25.2 Å². The van der Waals surface area contributed by atoms with Crippen LogP contribution in [0.2, 0.25) is 0 Å². The third-order valence-electron chi connectivity index (χ3n) is 11.4. The highest BCUT2D eigenvalue weighted by Gasteiger charge is 2.51. The molecule has 0 aromatic heterocycles. The summed E-state index contributed by atoms with van der Waals surface area (Å²) < 4.78 is 25.0. The van der Waals surface area contributed by atoms with E-state index in [1.165, 1.54) is 12.5 Å². The Morgan fingerprint density at radius 3 is 2.73 bits per heavy atom. The van der Waals surface area contributed by atoms with Gasteiger partial charge in [-0.05, 0) is 80.0 Å². The minimum Gasteiger partial charge on any atom is -0.508 e. The fourth-order valence-corrected chi connectivity index (χ4v) is 9.09. The van der Waals surface area contributed by atoms with E-state index in [2.05, 4.69) is 28.8 Å². The van der Waals surface area contributed by atoms with E-state index < -0.39 is 6.10 Å². The first-order valence-corrected chi connectivity index (χ1v) is 17.8. The number of hydrogen-bond acceptors (Lipinski definition) is 10. The van der Waals surface area contributed by atoms with Crippen LogP contribution in [0.25, 0.3) is 17.2 Å². The lowest BCUT2D eigenvalue weighted by Gasteiger charge is -2.39. The van der Waals surface area contributed by atoms with Crippen LogP contribution in [0.3, 0.4) is 0 Å². The first-order chi connectivity index (χ1) is 24.7. The molecule has 1 fully saturated rings. The smallest absolute Gasteiger partial charge is 0.302 e. The van der Waals surface area contributed by atoms with Crippen molar-refractivity contribution in [1.29, 1.82) is 0 Å². The van der Waals surface area contributed by atoms with Gasteiger partial charge in [0.2, 0.25) is 0 Å². The summed E-state index contributed by atoms with van der Waals surface area (Å²) in [5, 5.41) is 28.1. The van der Waals surface area contributed by atoms with E-state index in [1.54, 1.807) is 19.2 Å². The van der Waals surface area contributed by atoms with Crippen molar-refractivity contribution in [1.82, 2.24) is 10.6 Å². The first-order valence-electron chi connectivity index (χ1n) is 17.8. The van der Waals surface area contributed by atoms with Crippen LogP contribution in [0, 0.1) is 5.92 Å². The maximum absolute atomic E-state index is 12.2. The van der Waals surface area contributed by atoms with E-state index in [1.807, 2.05) is 43.6 Å². The van der Waals surface area contributed by atoms with Gasteiger partial charge in [0, 0.05) is 52.4 Å². The number of nitrogens with one attached hydrogen (secondary N) is 2. The van der Waals surface area contributed by atoms with Crippen molar-refractivity contribution < 1.29 is 34.0 Å². The van der Waals surface area contributed by atoms with Crippen molar-refractivity contribution in [3.63, 3.8) is 0 Å². The maximum Gasteiger partial charge on any atom is 0.302 e. The molecule has 51 heavy (non-hydrogen) atoms.